The summed E-state index contributed by atoms with van der Waals surface area (Å²) in [6.07, 6.45) is 5.56. The third-order valence-electron chi connectivity index (χ3n) is 4.71. The van der Waals surface area contributed by atoms with Crippen LogP contribution in [0.25, 0.3) is 22.9 Å². The van der Waals surface area contributed by atoms with E-state index in [2.05, 4.69) is 4.98 Å². The van der Waals surface area contributed by atoms with Gasteiger partial charge < -0.3 is 28.4 Å². The van der Waals surface area contributed by atoms with Crippen LogP contribution in [0.2, 0.25) is 0 Å². The predicted molar refractivity (Wildman–Crippen MR) is 116 cm³/mol. The average Bonchev–Trinajstić information content (AvgIpc) is 2.80. The van der Waals surface area contributed by atoms with Crippen molar-refractivity contribution in [1.82, 2.24) is 4.98 Å². The SMILES string of the molecule is COc1cc(C=Cc2nccc3cc(OC)c(OC)c(OC)c23)cc(OC)c1OC. The van der Waals surface area contributed by atoms with Crippen molar-refractivity contribution in [2.75, 3.05) is 42.7 Å². The van der Waals surface area contributed by atoms with Crippen molar-refractivity contribution >= 4 is 22.9 Å². The first-order valence-corrected chi connectivity index (χ1v) is 9.17. The highest BCUT2D eigenvalue weighted by Crippen LogP contribution is 2.44. The molecule has 1 aromatic heterocycles. The highest BCUT2D eigenvalue weighted by molar-refractivity contribution is 5.99. The summed E-state index contributed by atoms with van der Waals surface area (Å²) >= 11 is 0. The number of rotatable bonds is 8. The second-order valence-electron chi connectivity index (χ2n) is 6.23. The van der Waals surface area contributed by atoms with Crippen molar-refractivity contribution in [3.05, 3.63) is 41.7 Å². The van der Waals surface area contributed by atoms with Crippen LogP contribution >= 0.6 is 0 Å². The maximum atomic E-state index is 5.65. The first kappa shape index (κ1) is 21.1. The molecule has 0 bridgehead atoms. The summed E-state index contributed by atoms with van der Waals surface area (Å²) < 4.78 is 32.9. The van der Waals surface area contributed by atoms with E-state index in [1.54, 1.807) is 48.9 Å². The van der Waals surface area contributed by atoms with E-state index >= 15 is 0 Å². The molecule has 0 fully saturated rings. The molecule has 0 unspecified atom stereocenters. The van der Waals surface area contributed by atoms with Crippen LogP contribution in [0.3, 0.4) is 0 Å². The molecular formula is C23H25NO6. The van der Waals surface area contributed by atoms with Crippen molar-refractivity contribution < 1.29 is 28.4 Å². The maximum Gasteiger partial charge on any atom is 0.204 e. The Labute approximate surface area is 175 Å². The topological polar surface area (TPSA) is 68.3 Å². The molecular weight excluding hydrogens is 386 g/mol. The zero-order valence-corrected chi connectivity index (χ0v) is 17.9. The second kappa shape index (κ2) is 9.26. The van der Waals surface area contributed by atoms with Crippen molar-refractivity contribution in [2.45, 2.75) is 0 Å². The lowest BCUT2D eigenvalue weighted by Gasteiger charge is -2.15. The van der Waals surface area contributed by atoms with Crippen LogP contribution in [0.5, 0.6) is 34.5 Å². The molecule has 0 aliphatic rings. The molecule has 158 valence electrons. The quantitative estimate of drug-likeness (QED) is 0.542. The van der Waals surface area contributed by atoms with E-state index in [-0.39, 0.29) is 0 Å². The number of nitrogens with zero attached hydrogens (tertiary/aromatic N) is 1. The summed E-state index contributed by atoms with van der Waals surface area (Å²) in [4.78, 5) is 4.53. The van der Waals surface area contributed by atoms with E-state index in [9.17, 15) is 0 Å². The van der Waals surface area contributed by atoms with E-state index in [0.717, 1.165) is 22.0 Å². The lowest BCUT2D eigenvalue weighted by Crippen LogP contribution is -1.98. The summed E-state index contributed by atoms with van der Waals surface area (Å²) in [5.74, 6) is 3.36. The molecule has 0 aliphatic carbocycles. The second-order valence-corrected chi connectivity index (χ2v) is 6.23. The van der Waals surface area contributed by atoms with Crippen LogP contribution in [-0.4, -0.2) is 47.6 Å². The van der Waals surface area contributed by atoms with Crippen LogP contribution in [0.1, 0.15) is 11.3 Å². The van der Waals surface area contributed by atoms with E-state index in [0.29, 0.717) is 34.5 Å². The lowest BCUT2D eigenvalue weighted by molar-refractivity contribution is 0.324. The van der Waals surface area contributed by atoms with Gasteiger partial charge in [0.05, 0.1) is 53.7 Å². The summed E-state index contributed by atoms with van der Waals surface area (Å²) in [6, 6.07) is 7.53. The Morgan fingerprint density at radius 3 is 1.73 bits per heavy atom. The Morgan fingerprint density at radius 2 is 1.20 bits per heavy atom. The van der Waals surface area contributed by atoms with Crippen molar-refractivity contribution in [2.24, 2.45) is 0 Å². The Kier molecular flexibility index (Phi) is 6.51. The van der Waals surface area contributed by atoms with Gasteiger partial charge >= 0.3 is 0 Å². The summed E-state index contributed by atoms with van der Waals surface area (Å²) in [5, 5.41) is 1.74. The molecule has 0 aliphatic heterocycles. The van der Waals surface area contributed by atoms with Gasteiger partial charge in [-0.25, -0.2) is 0 Å². The van der Waals surface area contributed by atoms with Gasteiger partial charge in [0.25, 0.3) is 0 Å². The molecule has 0 saturated carbocycles. The minimum Gasteiger partial charge on any atom is -0.493 e. The zero-order chi connectivity index (χ0) is 21.7. The molecule has 3 rings (SSSR count). The van der Waals surface area contributed by atoms with E-state index < -0.39 is 0 Å². The molecule has 3 aromatic rings. The fourth-order valence-corrected chi connectivity index (χ4v) is 3.33. The zero-order valence-electron chi connectivity index (χ0n) is 17.9. The standard InChI is InChI=1S/C23H25NO6/c1-25-17-11-14(12-18(26-2)21(17)28-4)7-8-16-20-15(9-10-24-16)13-19(27-3)22(29-5)23(20)30-6/h7-13H,1-6H3. The van der Waals surface area contributed by atoms with Crippen molar-refractivity contribution in [1.29, 1.82) is 0 Å². The molecule has 0 atom stereocenters. The van der Waals surface area contributed by atoms with Gasteiger partial charge in [-0.05, 0) is 41.3 Å². The fourth-order valence-electron chi connectivity index (χ4n) is 3.33. The van der Waals surface area contributed by atoms with E-state index in [4.69, 9.17) is 28.4 Å². The minimum absolute atomic E-state index is 0.517. The van der Waals surface area contributed by atoms with Gasteiger partial charge in [-0.1, -0.05) is 6.08 Å². The van der Waals surface area contributed by atoms with Gasteiger partial charge in [0.1, 0.15) is 0 Å². The van der Waals surface area contributed by atoms with E-state index in [1.165, 1.54) is 0 Å². The highest BCUT2D eigenvalue weighted by atomic mass is 16.5. The summed E-state index contributed by atoms with van der Waals surface area (Å²) in [7, 11) is 9.51. The maximum absolute atomic E-state index is 5.65. The van der Waals surface area contributed by atoms with Crippen molar-refractivity contribution in [3.8, 4) is 34.5 Å². The number of methoxy groups -OCH3 is 6. The molecule has 7 nitrogen and oxygen atoms in total. The first-order valence-electron chi connectivity index (χ1n) is 9.17. The third kappa shape index (κ3) is 3.78. The smallest absolute Gasteiger partial charge is 0.204 e. The van der Waals surface area contributed by atoms with Gasteiger partial charge in [-0.3, -0.25) is 4.98 Å². The van der Waals surface area contributed by atoms with Gasteiger partial charge in [-0.2, -0.15) is 0 Å². The molecule has 0 N–H and O–H groups in total. The van der Waals surface area contributed by atoms with Crippen LogP contribution in [-0.2, 0) is 0 Å². The van der Waals surface area contributed by atoms with E-state index in [1.807, 2.05) is 36.4 Å². The molecule has 2 aromatic carbocycles. The van der Waals surface area contributed by atoms with Gasteiger partial charge in [0.2, 0.25) is 11.5 Å². The Balaban J connectivity index is 2.16. The van der Waals surface area contributed by atoms with Crippen LogP contribution in [0, 0.1) is 0 Å². The number of pyridine rings is 1. The molecule has 30 heavy (non-hydrogen) atoms. The number of hydrogen-bond acceptors (Lipinski definition) is 7. The molecule has 0 spiro atoms. The number of aromatic nitrogens is 1. The number of fused-ring (bicyclic) bond motifs is 1. The summed E-state index contributed by atoms with van der Waals surface area (Å²) in [5.41, 5.74) is 1.59. The Bertz CT molecular complexity index is 1050. The van der Waals surface area contributed by atoms with Crippen molar-refractivity contribution in [3.63, 3.8) is 0 Å². The fraction of sp³-hybridized carbons (Fsp3) is 0.261. The predicted octanol–water partition coefficient (Wildman–Crippen LogP) is 4.46. The van der Waals surface area contributed by atoms with Crippen LogP contribution in [0.4, 0.5) is 0 Å². The molecule has 7 heteroatoms. The van der Waals surface area contributed by atoms with Crippen LogP contribution < -0.4 is 28.4 Å². The van der Waals surface area contributed by atoms with Crippen LogP contribution in [0.15, 0.2) is 30.5 Å². The molecule has 0 amide bonds. The summed E-state index contributed by atoms with van der Waals surface area (Å²) in [6.45, 7) is 0. The largest absolute Gasteiger partial charge is 0.493 e. The number of hydrogen-bond donors (Lipinski definition) is 0. The molecule has 1 heterocycles. The number of ether oxygens (including phenoxy) is 6. The lowest BCUT2D eigenvalue weighted by atomic mass is 10.1. The highest BCUT2D eigenvalue weighted by Gasteiger charge is 2.18. The third-order valence-corrected chi connectivity index (χ3v) is 4.71. The normalized spacial score (nSPS) is 10.9. The van der Waals surface area contributed by atoms with Gasteiger partial charge in [0, 0.05) is 6.20 Å². The Hall–Kier alpha value is -3.61. The van der Waals surface area contributed by atoms with Gasteiger partial charge in [0.15, 0.2) is 23.0 Å². The Morgan fingerprint density at radius 1 is 0.633 bits per heavy atom. The molecule has 0 saturated heterocycles. The molecule has 0 radical (unpaired) electrons. The minimum atomic E-state index is 0.517. The number of benzene rings is 2. The first-order chi connectivity index (χ1) is 14.6. The van der Waals surface area contributed by atoms with Gasteiger partial charge in [-0.15, -0.1) is 0 Å². The monoisotopic (exact) mass is 411 g/mol. The average molecular weight is 411 g/mol.